The normalized spacial score (nSPS) is 18.9. The number of piperidine rings is 1. The molecule has 5 heteroatoms. The fourth-order valence-corrected chi connectivity index (χ4v) is 2.29. The number of oxazole rings is 1. The number of hydrogen-bond acceptors (Lipinski definition) is 4. The van der Waals surface area contributed by atoms with Crippen LogP contribution in [0.4, 0.5) is 6.01 Å². The zero-order valence-corrected chi connectivity index (χ0v) is 10.4. The van der Waals surface area contributed by atoms with E-state index in [2.05, 4.69) is 22.5 Å². The van der Waals surface area contributed by atoms with Gasteiger partial charge in [-0.1, -0.05) is 6.92 Å². The number of nitrogens with one attached hydrogen (secondary N) is 2. The quantitative estimate of drug-likeness (QED) is 0.839. The molecule has 0 bridgehead atoms. The third-order valence-electron chi connectivity index (χ3n) is 3.56. The first-order chi connectivity index (χ1) is 8.16. The maximum atomic E-state index is 12.3. The predicted molar refractivity (Wildman–Crippen MR) is 64.7 cm³/mol. The van der Waals surface area contributed by atoms with Gasteiger partial charge in [0.15, 0.2) is 0 Å². The Morgan fingerprint density at radius 1 is 1.59 bits per heavy atom. The molecule has 5 nitrogen and oxygen atoms in total. The van der Waals surface area contributed by atoms with Gasteiger partial charge >= 0.3 is 6.01 Å². The Balaban J connectivity index is 2.07. The van der Waals surface area contributed by atoms with Crippen LogP contribution < -0.4 is 10.6 Å². The van der Waals surface area contributed by atoms with Crippen LogP contribution in [0.3, 0.4) is 0 Å². The van der Waals surface area contributed by atoms with Gasteiger partial charge in [0.05, 0.1) is 11.1 Å². The average Bonchev–Trinajstić information content (AvgIpc) is 2.75. The highest BCUT2D eigenvalue weighted by Crippen LogP contribution is 2.33. The van der Waals surface area contributed by atoms with E-state index in [0.29, 0.717) is 6.01 Å². The van der Waals surface area contributed by atoms with Crippen LogP contribution in [0.2, 0.25) is 0 Å². The van der Waals surface area contributed by atoms with Gasteiger partial charge in [-0.15, -0.1) is 0 Å². The summed E-state index contributed by atoms with van der Waals surface area (Å²) >= 11 is 0. The zero-order valence-electron chi connectivity index (χ0n) is 10.4. The van der Waals surface area contributed by atoms with E-state index in [9.17, 15) is 4.79 Å². The second-order valence-corrected chi connectivity index (χ2v) is 4.63. The Bertz CT molecular complexity index is 394. The first-order valence-electron chi connectivity index (χ1n) is 6.10. The van der Waals surface area contributed by atoms with Gasteiger partial charge in [0.25, 0.3) is 0 Å². The molecule has 0 radical (unpaired) electrons. The minimum atomic E-state index is -0.270. The summed E-state index contributed by atoms with van der Waals surface area (Å²) in [7, 11) is 0. The third kappa shape index (κ3) is 2.49. The van der Waals surface area contributed by atoms with Gasteiger partial charge < -0.3 is 9.73 Å². The van der Waals surface area contributed by atoms with Crippen LogP contribution in [-0.2, 0) is 4.79 Å². The van der Waals surface area contributed by atoms with Crippen molar-refractivity contribution in [2.24, 2.45) is 5.41 Å². The molecule has 1 amide bonds. The van der Waals surface area contributed by atoms with Crippen molar-refractivity contribution in [2.45, 2.75) is 33.1 Å². The fraction of sp³-hybridized carbons (Fsp3) is 0.667. The van der Waals surface area contributed by atoms with Gasteiger partial charge in [-0.2, -0.15) is 4.98 Å². The van der Waals surface area contributed by atoms with Crippen molar-refractivity contribution in [2.75, 3.05) is 18.4 Å². The number of hydrogen-bond donors (Lipinski definition) is 2. The lowest BCUT2D eigenvalue weighted by molar-refractivity contribution is -0.127. The molecular weight excluding hydrogens is 218 g/mol. The minimum Gasteiger partial charge on any atom is -0.432 e. The molecule has 0 spiro atoms. The third-order valence-corrected chi connectivity index (χ3v) is 3.56. The Morgan fingerprint density at radius 3 is 2.82 bits per heavy atom. The number of anilines is 1. The SMILES string of the molecule is CCC1(C(=O)Nc2nc(C)co2)CCNCC1. The molecule has 2 rings (SSSR count). The molecule has 1 aliphatic heterocycles. The van der Waals surface area contributed by atoms with E-state index >= 15 is 0 Å². The van der Waals surface area contributed by atoms with Crippen molar-refractivity contribution in [3.63, 3.8) is 0 Å². The van der Waals surface area contributed by atoms with Crippen molar-refractivity contribution < 1.29 is 9.21 Å². The van der Waals surface area contributed by atoms with E-state index in [1.807, 2.05) is 6.92 Å². The molecule has 0 atom stereocenters. The van der Waals surface area contributed by atoms with Gasteiger partial charge in [0.2, 0.25) is 5.91 Å². The zero-order chi connectivity index (χ0) is 12.3. The van der Waals surface area contributed by atoms with E-state index in [0.717, 1.165) is 38.0 Å². The maximum Gasteiger partial charge on any atom is 0.301 e. The summed E-state index contributed by atoms with van der Waals surface area (Å²) in [4.78, 5) is 16.4. The van der Waals surface area contributed by atoms with E-state index in [1.165, 1.54) is 6.26 Å². The van der Waals surface area contributed by atoms with Crippen molar-refractivity contribution in [1.82, 2.24) is 10.3 Å². The van der Waals surface area contributed by atoms with Crippen molar-refractivity contribution in [1.29, 1.82) is 0 Å². The summed E-state index contributed by atoms with van der Waals surface area (Å²) in [6.45, 7) is 5.68. The van der Waals surface area contributed by atoms with Crippen molar-refractivity contribution in [3.8, 4) is 0 Å². The number of carbonyl (C=O) groups excluding carboxylic acids is 1. The molecule has 0 aromatic carbocycles. The lowest BCUT2D eigenvalue weighted by Crippen LogP contribution is -2.44. The van der Waals surface area contributed by atoms with Gasteiger partial charge in [0.1, 0.15) is 6.26 Å². The highest BCUT2D eigenvalue weighted by atomic mass is 16.4. The van der Waals surface area contributed by atoms with Gasteiger partial charge in [0, 0.05) is 0 Å². The number of rotatable bonds is 3. The van der Waals surface area contributed by atoms with Crippen molar-refractivity contribution in [3.05, 3.63) is 12.0 Å². The molecule has 0 aliphatic carbocycles. The Hall–Kier alpha value is -1.36. The number of amides is 1. The van der Waals surface area contributed by atoms with Crippen LogP contribution in [0.1, 0.15) is 31.9 Å². The molecule has 0 unspecified atom stereocenters. The smallest absolute Gasteiger partial charge is 0.301 e. The number of carbonyl (C=O) groups is 1. The average molecular weight is 237 g/mol. The summed E-state index contributed by atoms with van der Waals surface area (Å²) in [6.07, 6.45) is 4.13. The maximum absolute atomic E-state index is 12.3. The van der Waals surface area contributed by atoms with Crippen LogP contribution in [-0.4, -0.2) is 24.0 Å². The summed E-state index contributed by atoms with van der Waals surface area (Å²) in [6, 6.07) is 0.304. The minimum absolute atomic E-state index is 0.0309. The molecule has 1 saturated heterocycles. The summed E-state index contributed by atoms with van der Waals surface area (Å²) in [5.74, 6) is 0.0309. The highest BCUT2D eigenvalue weighted by molar-refractivity contribution is 5.93. The molecule has 17 heavy (non-hydrogen) atoms. The lowest BCUT2D eigenvalue weighted by Gasteiger charge is -2.34. The number of aryl methyl sites for hydroxylation is 1. The van der Waals surface area contributed by atoms with Crippen LogP contribution in [0.15, 0.2) is 10.7 Å². The second-order valence-electron chi connectivity index (χ2n) is 4.63. The molecule has 2 heterocycles. The van der Waals surface area contributed by atoms with E-state index < -0.39 is 0 Å². The highest BCUT2D eigenvalue weighted by Gasteiger charge is 2.38. The molecule has 1 fully saturated rings. The molecule has 1 aromatic heterocycles. The second kappa shape index (κ2) is 4.87. The van der Waals surface area contributed by atoms with Crippen LogP contribution in [0.25, 0.3) is 0 Å². The summed E-state index contributed by atoms with van der Waals surface area (Å²) in [5.41, 5.74) is 0.504. The Kier molecular flexibility index (Phi) is 3.47. The first kappa shape index (κ1) is 12.1. The monoisotopic (exact) mass is 237 g/mol. The topological polar surface area (TPSA) is 67.2 Å². The van der Waals surface area contributed by atoms with E-state index in [1.54, 1.807) is 0 Å². The first-order valence-corrected chi connectivity index (χ1v) is 6.10. The Labute approximate surface area is 101 Å². The van der Waals surface area contributed by atoms with Crippen LogP contribution in [0, 0.1) is 12.3 Å². The number of aromatic nitrogens is 1. The lowest BCUT2D eigenvalue weighted by atomic mass is 9.76. The molecule has 2 N–H and O–H groups in total. The van der Waals surface area contributed by atoms with Crippen molar-refractivity contribution >= 4 is 11.9 Å². The molecule has 0 saturated carbocycles. The van der Waals surface area contributed by atoms with E-state index in [4.69, 9.17) is 4.42 Å². The molecule has 1 aromatic rings. The van der Waals surface area contributed by atoms with E-state index in [-0.39, 0.29) is 11.3 Å². The predicted octanol–water partition coefficient (Wildman–Crippen LogP) is 1.70. The van der Waals surface area contributed by atoms with Gasteiger partial charge in [-0.25, -0.2) is 0 Å². The van der Waals surface area contributed by atoms with Gasteiger partial charge in [-0.3, -0.25) is 10.1 Å². The molecular formula is C12H19N3O2. The molecule has 94 valence electrons. The number of nitrogens with zero attached hydrogens (tertiary/aromatic N) is 1. The van der Waals surface area contributed by atoms with Gasteiger partial charge in [-0.05, 0) is 39.3 Å². The van der Waals surface area contributed by atoms with Crippen LogP contribution in [0.5, 0.6) is 0 Å². The summed E-state index contributed by atoms with van der Waals surface area (Å²) < 4.78 is 5.16. The van der Waals surface area contributed by atoms with Crippen LogP contribution >= 0.6 is 0 Å². The fourth-order valence-electron chi connectivity index (χ4n) is 2.29. The standard InChI is InChI=1S/C12H19N3O2/c1-3-12(4-6-13-7-5-12)10(16)15-11-14-9(2)8-17-11/h8,13H,3-7H2,1-2H3,(H,14,15,16). The largest absolute Gasteiger partial charge is 0.432 e. The Morgan fingerprint density at radius 2 is 2.29 bits per heavy atom. The molecule has 1 aliphatic rings. The summed E-state index contributed by atoms with van der Waals surface area (Å²) in [5, 5.41) is 6.06.